The van der Waals surface area contributed by atoms with Crippen LogP contribution in [0.2, 0.25) is 0 Å². The first-order valence-corrected chi connectivity index (χ1v) is 8.33. The van der Waals surface area contributed by atoms with Gasteiger partial charge in [-0.05, 0) is 36.2 Å². The number of rotatable bonds is 3. The van der Waals surface area contributed by atoms with Crippen LogP contribution in [0.1, 0.15) is 29.2 Å². The first-order valence-electron chi connectivity index (χ1n) is 8.33. The average Bonchev–Trinajstić information content (AvgIpc) is 2.91. The number of aromatic nitrogens is 1. The van der Waals surface area contributed by atoms with Crippen LogP contribution in [-0.4, -0.2) is 28.7 Å². The summed E-state index contributed by atoms with van der Waals surface area (Å²) in [5, 5.41) is 2.53. The van der Waals surface area contributed by atoms with E-state index in [9.17, 15) is 22.8 Å². The Morgan fingerprint density at radius 1 is 1.30 bits per heavy atom. The number of aryl methyl sites for hydroxylation is 1. The molecule has 2 heterocycles. The summed E-state index contributed by atoms with van der Waals surface area (Å²) in [5.74, 6) is -1.43. The molecule has 2 atom stereocenters. The van der Waals surface area contributed by atoms with Crippen LogP contribution in [0.4, 0.5) is 18.9 Å². The van der Waals surface area contributed by atoms with Gasteiger partial charge >= 0.3 is 6.18 Å². The first kappa shape index (κ1) is 18.9. The number of anilines is 1. The van der Waals surface area contributed by atoms with E-state index in [0.717, 1.165) is 6.07 Å². The van der Waals surface area contributed by atoms with Crippen LogP contribution in [-0.2, 0) is 15.8 Å². The fourth-order valence-electron chi connectivity index (χ4n) is 3.35. The van der Waals surface area contributed by atoms with Crippen LogP contribution in [0.25, 0.3) is 0 Å². The maximum absolute atomic E-state index is 13.1. The summed E-state index contributed by atoms with van der Waals surface area (Å²) in [6, 6.07) is 6.59. The van der Waals surface area contributed by atoms with E-state index in [1.807, 2.05) is 0 Å². The number of halogens is 3. The van der Waals surface area contributed by atoms with E-state index in [-0.39, 0.29) is 23.6 Å². The topological polar surface area (TPSA) is 62.3 Å². The Hall–Kier alpha value is -2.90. The molecule has 0 radical (unpaired) electrons. The highest BCUT2D eigenvalue weighted by molar-refractivity contribution is 5.98. The zero-order valence-electron chi connectivity index (χ0n) is 14.7. The summed E-state index contributed by atoms with van der Waals surface area (Å²) in [6.07, 6.45) is -1.36. The third kappa shape index (κ3) is 3.79. The van der Waals surface area contributed by atoms with Gasteiger partial charge < -0.3 is 10.2 Å². The van der Waals surface area contributed by atoms with E-state index in [4.69, 9.17) is 0 Å². The molecular formula is C19H18F3N3O2. The van der Waals surface area contributed by atoms with E-state index < -0.39 is 29.6 Å². The number of carbonyl (C=O) groups is 2. The largest absolute Gasteiger partial charge is 0.416 e. The van der Waals surface area contributed by atoms with Crippen molar-refractivity contribution in [2.45, 2.75) is 25.6 Å². The molecule has 2 aromatic rings. The van der Waals surface area contributed by atoms with Crippen LogP contribution in [0.3, 0.4) is 0 Å². The van der Waals surface area contributed by atoms with Gasteiger partial charge in [0, 0.05) is 31.5 Å². The molecule has 1 saturated heterocycles. The minimum absolute atomic E-state index is 0.0140. The number of carbonyl (C=O) groups excluding carboxylic acids is 2. The first-order chi connectivity index (χ1) is 12.7. The van der Waals surface area contributed by atoms with Crippen molar-refractivity contribution < 1.29 is 22.8 Å². The van der Waals surface area contributed by atoms with Crippen molar-refractivity contribution in [2.24, 2.45) is 5.92 Å². The van der Waals surface area contributed by atoms with Gasteiger partial charge in [-0.3, -0.25) is 14.6 Å². The summed E-state index contributed by atoms with van der Waals surface area (Å²) in [7, 11) is 1.60. The van der Waals surface area contributed by atoms with Gasteiger partial charge in [0.1, 0.15) is 0 Å². The lowest BCUT2D eigenvalue weighted by molar-refractivity contribution is -0.138. The smallest absolute Gasteiger partial charge is 0.338 e. The molecule has 27 heavy (non-hydrogen) atoms. The van der Waals surface area contributed by atoms with Crippen molar-refractivity contribution in [1.82, 2.24) is 9.88 Å². The molecule has 0 aliphatic carbocycles. The molecule has 1 aliphatic rings. The van der Waals surface area contributed by atoms with E-state index in [2.05, 4.69) is 10.3 Å². The highest BCUT2D eigenvalue weighted by atomic mass is 19.4. The van der Waals surface area contributed by atoms with Crippen molar-refractivity contribution in [3.8, 4) is 0 Å². The maximum Gasteiger partial charge on any atom is 0.416 e. The molecule has 1 aromatic carbocycles. The average molecular weight is 377 g/mol. The molecule has 1 aromatic heterocycles. The van der Waals surface area contributed by atoms with Crippen molar-refractivity contribution in [1.29, 1.82) is 0 Å². The molecule has 0 unspecified atom stereocenters. The van der Waals surface area contributed by atoms with Gasteiger partial charge in [0.15, 0.2) is 0 Å². The fraction of sp³-hybridized carbons (Fsp3) is 0.316. The number of benzene rings is 1. The minimum atomic E-state index is -4.51. The highest BCUT2D eigenvalue weighted by Gasteiger charge is 2.43. The lowest BCUT2D eigenvalue weighted by Gasteiger charge is -2.24. The predicted molar refractivity (Wildman–Crippen MR) is 92.7 cm³/mol. The normalized spacial score (nSPS) is 20.0. The summed E-state index contributed by atoms with van der Waals surface area (Å²) in [6.45, 7) is 1.36. The van der Waals surface area contributed by atoms with Crippen molar-refractivity contribution in [3.63, 3.8) is 0 Å². The zero-order chi connectivity index (χ0) is 19.8. The van der Waals surface area contributed by atoms with Crippen LogP contribution in [0, 0.1) is 12.8 Å². The Morgan fingerprint density at radius 2 is 2.04 bits per heavy atom. The standard InChI is InChI=1S/C19H18F3N3O2/c1-11-5-6-13(8-15(11)19(20,21)22)24-18(27)14-9-16(26)25(2)17(14)12-4-3-7-23-10-12/h3-8,10,14,17H,9H2,1-2H3,(H,24,27)/t14-,17-/m0/s1. The number of amides is 2. The lowest BCUT2D eigenvalue weighted by atomic mass is 9.93. The second-order valence-electron chi connectivity index (χ2n) is 6.56. The van der Waals surface area contributed by atoms with Gasteiger partial charge in [0.05, 0.1) is 17.5 Å². The molecule has 3 rings (SSSR count). The van der Waals surface area contributed by atoms with E-state index >= 15 is 0 Å². The summed E-state index contributed by atoms with van der Waals surface area (Å²) in [4.78, 5) is 30.4. The Labute approximate surface area is 154 Å². The molecule has 5 nitrogen and oxygen atoms in total. The highest BCUT2D eigenvalue weighted by Crippen LogP contribution is 2.38. The molecular weight excluding hydrogens is 359 g/mol. The van der Waals surface area contributed by atoms with E-state index in [1.165, 1.54) is 24.0 Å². The number of nitrogens with zero attached hydrogens (tertiary/aromatic N) is 2. The third-order valence-corrected chi connectivity index (χ3v) is 4.76. The fourth-order valence-corrected chi connectivity index (χ4v) is 3.35. The maximum atomic E-state index is 13.1. The van der Waals surface area contributed by atoms with E-state index in [0.29, 0.717) is 5.56 Å². The van der Waals surface area contributed by atoms with Crippen LogP contribution in [0.15, 0.2) is 42.7 Å². The molecule has 1 fully saturated rings. The Balaban J connectivity index is 1.86. The zero-order valence-corrected chi connectivity index (χ0v) is 14.7. The molecule has 2 amide bonds. The number of hydrogen-bond donors (Lipinski definition) is 1. The van der Waals surface area contributed by atoms with Crippen LogP contribution >= 0.6 is 0 Å². The number of alkyl halides is 3. The third-order valence-electron chi connectivity index (χ3n) is 4.76. The van der Waals surface area contributed by atoms with Crippen LogP contribution < -0.4 is 5.32 Å². The number of hydrogen-bond acceptors (Lipinski definition) is 3. The second kappa shape index (κ2) is 7.02. The number of nitrogens with one attached hydrogen (secondary N) is 1. The molecule has 0 bridgehead atoms. The number of likely N-dealkylation sites (tertiary alicyclic amines) is 1. The lowest BCUT2D eigenvalue weighted by Crippen LogP contribution is -2.30. The SMILES string of the molecule is Cc1ccc(NC(=O)[C@H]2CC(=O)N(C)[C@H]2c2cccnc2)cc1C(F)(F)F. The number of pyridine rings is 1. The van der Waals surface area contributed by atoms with Crippen molar-refractivity contribution >= 4 is 17.5 Å². The Bertz CT molecular complexity index is 868. The predicted octanol–water partition coefficient (Wildman–Crippen LogP) is 3.57. The molecule has 142 valence electrons. The summed E-state index contributed by atoms with van der Waals surface area (Å²) in [5.41, 5.74) is 0.0176. The molecule has 8 heteroatoms. The molecule has 1 aliphatic heterocycles. The second-order valence-corrected chi connectivity index (χ2v) is 6.56. The summed E-state index contributed by atoms with van der Waals surface area (Å²) < 4.78 is 39.2. The quantitative estimate of drug-likeness (QED) is 0.890. The van der Waals surface area contributed by atoms with Gasteiger partial charge in [-0.1, -0.05) is 12.1 Å². The van der Waals surface area contributed by atoms with Gasteiger partial charge in [-0.15, -0.1) is 0 Å². The molecule has 0 spiro atoms. The van der Waals surface area contributed by atoms with E-state index in [1.54, 1.807) is 31.6 Å². The monoisotopic (exact) mass is 377 g/mol. The van der Waals surface area contributed by atoms with Gasteiger partial charge in [-0.25, -0.2) is 0 Å². The van der Waals surface area contributed by atoms with Crippen molar-refractivity contribution in [3.05, 3.63) is 59.4 Å². The Morgan fingerprint density at radius 3 is 2.67 bits per heavy atom. The van der Waals surface area contributed by atoms with Gasteiger partial charge in [-0.2, -0.15) is 13.2 Å². The molecule has 1 N–H and O–H groups in total. The van der Waals surface area contributed by atoms with Crippen molar-refractivity contribution in [2.75, 3.05) is 12.4 Å². The van der Waals surface area contributed by atoms with Gasteiger partial charge in [0.25, 0.3) is 0 Å². The van der Waals surface area contributed by atoms with Crippen LogP contribution in [0.5, 0.6) is 0 Å². The minimum Gasteiger partial charge on any atom is -0.338 e. The molecule has 0 saturated carbocycles. The summed E-state index contributed by atoms with van der Waals surface area (Å²) >= 11 is 0. The Kier molecular flexibility index (Phi) is 4.91. The van der Waals surface area contributed by atoms with Gasteiger partial charge in [0.2, 0.25) is 11.8 Å².